The van der Waals surface area contributed by atoms with Gasteiger partial charge in [0.1, 0.15) is 5.52 Å². The molecule has 1 unspecified atom stereocenters. The molecule has 20 heavy (non-hydrogen) atoms. The number of piperidine rings is 1. The van der Waals surface area contributed by atoms with E-state index >= 15 is 0 Å². The zero-order chi connectivity index (χ0) is 14.2. The van der Waals surface area contributed by atoms with Crippen LogP contribution in [0, 0.1) is 5.41 Å². The summed E-state index contributed by atoms with van der Waals surface area (Å²) in [5, 5.41) is 6.80. The van der Waals surface area contributed by atoms with E-state index in [1.165, 1.54) is 11.3 Å². The highest BCUT2D eigenvalue weighted by molar-refractivity contribution is 7.16. The zero-order valence-electron chi connectivity index (χ0n) is 11.2. The lowest BCUT2D eigenvalue weighted by Gasteiger charge is -2.32. The molecule has 106 valence electrons. The summed E-state index contributed by atoms with van der Waals surface area (Å²) in [7, 11) is 0. The Morgan fingerprint density at radius 3 is 3.15 bits per heavy atom. The molecule has 0 spiro atoms. The van der Waals surface area contributed by atoms with Crippen molar-refractivity contribution in [1.29, 1.82) is 0 Å². The highest BCUT2D eigenvalue weighted by atomic mass is 35.5. The molecular weight excluding hydrogens is 294 g/mol. The first-order valence-electron chi connectivity index (χ1n) is 6.64. The number of nitrogens with zero attached hydrogens (tertiary/aromatic N) is 1. The first-order valence-corrected chi connectivity index (χ1v) is 7.90. The van der Waals surface area contributed by atoms with E-state index in [2.05, 4.69) is 15.6 Å². The van der Waals surface area contributed by atoms with Crippen molar-refractivity contribution in [2.75, 3.05) is 18.4 Å². The molecule has 6 heteroatoms. The first-order chi connectivity index (χ1) is 9.60. The SMILES string of the molecule is CC1(C(=O)Nc2c(Cl)ccc3scnc23)CCCNC1. The van der Waals surface area contributed by atoms with Crippen molar-refractivity contribution in [2.24, 2.45) is 5.41 Å². The number of carbonyl (C=O) groups excluding carboxylic acids is 1. The number of carbonyl (C=O) groups is 1. The minimum atomic E-state index is -0.389. The minimum absolute atomic E-state index is 0.00657. The van der Waals surface area contributed by atoms with Gasteiger partial charge in [-0.05, 0) is 38.4 Å². The van der Waals surface area contributed by atoms with Crippen molar-refractivity contribution in [2.45, 2.75) is 19.8 Å². The molecule has 1 fully saturated rings. The number of hydrogen-bond donors (Lipinski definition) is 2. The van der Waals surface area contributed by atoms with E-state index in [4.69, 9.17) is 11.6 Å². The normalized spacial score (nSPS) is 22.9. The fraction of sp³-hybridized carbons (Fsp3) is 0.429. The molecule has 0 saturated carbocycles. The van der Waals surface area contributed by atoms with Crippen LogP contribution in [0.15, 0.2) is 17.6 Å². The summed E-state index contributed by atoms with van der Waals surface area (Å²) in [6.07, 6.45) is 1.90. The highest BCUT2D eigenvalue weighted by Gasteiger charge is 2.35. The molecule has 4 nitrogen and oxygen atoms in total. The summed E-state index contributed by atoms with van der Waals surface area (Å²) in [6.45, 7) is 3.67. The maximum Gasteiger partial charge on any atom is 0.231 e. The van der Waals surface area contributed by atoms with Crippen LogP contribution in [0.4, 0.5) is 5.69 Å². The Bertz CT molecular complexity index is 649. The van der Waals surface area contributed by atoms with Crippen LogP contribution in [-0.4, -0.2) is 24.0 Å². The number of aromatic nitrogens is 1. The van der Waals surface area contributed by atoms with Crippen LogP contribution < -0.4 is 10.6 Å². The van der Waals surface area contributed by atoms with E-state index in [0.29, 0.717) is 17.3 Å². The van der Waals surface area contributed by atoms with Gasteiger partial charge < -0.3 is 10.6 Å². The topological polar surface area (TPSA) is 54.0 Å². The number of anilines is 1. The van der Waals surface area contributed by atoms with E-state index < -0.39 is 0 Å². The van der Waals surface area contributed by atoms with Crippen molar-refractivity contribution in [1.82, 2.24) is 10.3 Å². The van der Waals surface area contributed by atoms with Gasteiger partial charge in [-0.3, -0.25) is 4.79 Å². The smallest absolute Gasteiger partial charge is 0.231 e. The highest BCUT2D eigenvalue weighted by Crippen LogP contribution is 2.34. The summed E-state index contributed by atoms with van der Waals surface area (Å²) in [4.78, 5) is 16.9. The quantitative estimate of drug-likeness (QED) is 0.895. The first kappa shape index (κ1) is 13.8. The van der Waals surface area contributed by atoms with E-state index in [9.17, 15) is 4.79 Å². The standard InChI is InChI=1S/C14H16ClN3OS/c1-14(5-2-6-16-7-14)13(19)18-11-9(15)3-4-10-12(11)17-8-20-10/h3-4,8,16H,2,5-7H2,1H3,(H,18,19). The number of thiazole rings is 1. The number of rotatable bonds is 2. The lowest BCUT2D eigenvalue weighted by Crippen LogP contribution is -2.46. The summed E-state index contributed by atoms with van der Waals surface area (Å²) < 4.78 is 1.02. The summed E-state index contributed by atoms with van der Waals surface area (Å²) in [5.74, 6) is 0.00657. The Morgan fingerprint density at radius 1 is 1.55 bits per heavy atom. The van der Waals surface area contributed by atoms with Gasteiger partial charge in [0.05, 0.1) is 26.3 Å². The molecule has 1 aromatic carbocycles. The van der Waals surface area contributed by atoms with Gasteiger partial charge in [-0.15, -0.1) is 11.3 Å². The molecule has 2 N–H and O–H groups in total. The van der Waals surface area contributed by atoms with E-state index in [1.807, 2.05) is 13.0 Å². The van der Waals surface area contributed by atoms with Crippen LogP contribution in [-0.2, 0) is 4.79 Å². The number of halogens is 1. The Labute approximate surface area is 126 Å². The third-order valence-corrected chi connectivity index (χ3v) is 4.94. The molecule has 0 bridgehead atoms. The maximum atomic E-state index is 12.6. The van der Waals surface area contributed by atoms with Crippen molar-refractivity contribution in [3.05, 3.63) is 22.7 Å². The number of fused-ring (bicyclic) bond motifs is 1. The Kier molecular flexibility index (Phi) is 3.67. The van der Waals surface area contributed by atoms with Crippen LogP contribution in [0.1, 0.15) is 19.8 Å². The van der Waals surface area contributed by atoms with E-state index in [1.54, 1.807) is 11.6 Å². The Morgan fingerprint density at radius 2 is 2.40 bits per heavy atom. The number of benzene rings is 1. The molecule has 1 amide bonds. The number of amides is 1. The van der Waals surface area contributed by atoms with Gasteiger partial charge in [-0.25, -0.2) is 4.98 Å². The third kappa shape index (κ3) is 2.41. The molecule has 1 atom stereocenters. The van der Waals surface area contributed by atoms with Crippen LogP contribution in [0.25, 0.3) is 10.2 Å². The summed E-state index contributed by atoms with van der Waals surface area (Å²) in [6, 6.07) is 3.73. The summed E-state index contributed by atoms with van der Waals surface area (Å²) in [5.41, 5.74) is 2.77. The van der Waals surface area contributed by atoms with Gasteiger partial charge in [-0.2, -0.15) is 0 Å². The van der Waals surface area contributed by atoms with Gasteiger partial charge in [0.25, 0.3) is 0 Å². The molecule has 2 heterocycles. The molecule has 0 aliphatic carbocycles. The van der Waals surface area contributed by atoms with Gasteiger partial charge >= 0.3 is 0 Å². The average Bonchev–Trinajstić information content (AvgIpc) is 2.91. The van der Waals surface area contributed by atoms with Gasteiger partial charge in [0, 0.05) is 6.54 Å². The largest absolute Gasteiger partial charge is 0.322 e. The minimum Gasteiger partial charge on any atom is -0.322 e. The second-order valence-electron chi connectivity index (χ2n) is 5.42. The van der Waals surface area contributed by atoms with Crippen LogP contribution in [0.5, 0.6) is 0 Å². The predicted molar refractivity (Wildman–Crippen MR) is 83.5 cm³/mol. The van der Waals surface area contributed by atoms with E-state index in [-0.39, 0.29) is 11.3 Å². The van der Waals surface area contributed by atoms with Crippen molar-refractivity contribution in [3.63, 3.8) is 0 Å². The zero-order valence-corrected chi connectivity index (χ0v) is 12.8. The average molecular weight is 310 g/mol. The molecule has 1 saturated heterocycles. The molecule has 0 radical (unpaired) electrons. The molecule has 1 aliphatic rings. The van der Waals surface area contributed by atoms with Gasteiger partial charge in [0.15, 0.2) is 0 Å². The second kappa shape index (κ2) is 5.31. The lowest BCUT2D eigenvalue weighted by molar-refractivity contribution is -0.125. The van der Waals surface area contributed by atoms with E-state index in [0.717, 1.165) is 29.6 Å². The Hall–Kier alpha value is -1.17. The third-order valence-electron chi connectivity index (χ3n) is 3.84. The fourth-order valence-corrected chi connectivity index (χ4v) is 3.42. The molecular formula is C14H16ClN3OS. The second-order valence-corrected chi connectivity index (χ2v) is 6.71. The molecule has 1 aliphatic heterocycles. The molecule has 3 rings (SSSR count). The maximum absolute atomic E-state index is 12.6. The predicted octanol–water partition coefficient (Wildman–Crippen LogP) is 3.28. The van der Waals surface area contributed by atoms with Crippen molar-refractivity contribution < 1.29 is 4.79 Å². The molecule has 1 aromatic heterocycles. The van der Waals surface area contributed by atoms with Crippen LogP contribution in [0.2, 0.25) is 5.02 Å². The lowest BCUT2D eigenvalue weighted by atomic mass is 9.82. The fourth-order valence-electron chi connectivity index (χ4n) is 2.54. The summed E-state index contributed by atoms with van der Waals surface area (Å²) >= 11 is 7.76. The Balaban J connectivity index is 1.91. The monoisotopic (exact) mass is 309 g/mol. The molecule has 2 aromatic rings. The van der Waals surface area contributed by atoms with Crippen LogP contribution >= 0.6 is 22.9 Å². The number of nitrogens with one attached hydrogen (secondary N) is 2. The van der Waals surface area contributed by atoms with Crippen LogP contribution in [0.3, 0.4) is 0 Å². The number of hydrogen-bond acceptors (Lipinski definition) is 4. The van der Waals surface area contributed by atoms with Crippen molar-refractivity contribution in [3.8, 4) is 0 Å². The van der Waals surface area contributed by atoms with Crippen molar-refractivity contribution >= 4 is 44.7 Å². The van der Waals surface area contributed by atoms with Gasteiger partial charge in [0.2, 0.25) is 5.91 Å². The van der Waals surface area contributed by atoms with Gasteiger partial charge in [-0.1, -0.05) is 11.6 Å².